The smallest absolute Gasteiger partial charge is 0.159 e. The Labute approximate surface area is 130 Å². The van der Waals surface area contributed by atoms with Crippen molar-refractivity contribution in [2.75, 3.05) is 18.9 Å². The molecule has 4 nitrogen and oxygen atoms in total. The second-order valence-electron chi connectivity index (χ2n) is 5.67. The number of anilines is 1. The highest BCUT2D eigenvalue weighted by Crippen LogP contribution is 2.24. The molecule has 2 N–H and O–H groups in total. The Bertz CT molecular complexity index is 697. The molecule has 0 saturated carbocycles. The molecule has 0 fully saturated rings. The van der Waals surface area contributed by atoms with Crippen molar-refractivity contribution >= 4 is 11.5 Å². The lowest BCUT2D eigenvalue weighted by atomic mass is 10.0. The first-order valence-electron chi connectivity index (χ1n) is 7.45. The van der Waals surface area contributed by atoms with Gasteiger partial charge in [-0.1, -0.05) is 18.2 Å². The molecule has 0 amide bonds. The summed E-state index contributed by atoms with van der Waals surface area (Å²) in [7, 11) is 0. The van der Waals surface area contributed by atoms with Gasteiger partial charge in [-0.05, 0) is 36.2 Å². The van der Waals surface area contributed by atoms with Crippen LogP contribution in [0.15, 0.2) is 42.5 Å². The number of carbonyl (C=O) groups excluding carboxylic acids is 1. The summed E-state index contributed by atoms with van der Waals surface area (Å²) in [5.74, 6) is 0.918. The topological polar surface area (TPSA) is 55.6 Å². The number of rotatable bonds is 5. The summed E-state index contributed by atoms with van der Waals surface area (Å²) in [5, 5.41) is 0. The highest BCUT2D eigenvalue weighted by Gasteiger charge is 2.19. The maximum Gasteiger partial charge on any atom is 0.159 e. The van der Waals surface area contributed by atoms with E-state index < -0.39 is 0 Å². The first-order valence-corrected chi connectivity index (χ1v) is 7.45. The first kappa shape index (κ1) is 14.6. The molecule has 0 unspecified atom stereocenters. The van der Waals surface area contributed by atoms with Crippen molar-refractivity contribution in [3.8, 4) is 5.75 Å². The van der Waals surface area contributed by atoms with Gasteiger partial charge < -0.3 is 10.5 Å². The highest BCUT2D eigenvalue weighted by atomic mass is 16.5. The van der Waals surface area contributed by atoms with Gasteiger partial charge in [-0.3, -0.25) is 9.69 Å². The number of ketones is 1. The van der Waals surface area contributed by atoms with E-state index in [0.29, 0.717) is 12.3 Å². The van der Waals surface area contributed by atoms with Gasteiger partial charge in [-0.2, -0.15) is 0 Å². The molecule has 1 aliphatic heterocycles. The fraction of sp³-hybridized carbons (Fsp3) is 0.278. The molecule has 0 spiro atoms. The molecule has 0 aromatic heterocycles. The van der Waals surface area contributed by atoms with Gasteiger partial charge in [0, 0.05) is 37.0 Å². The van der Waals surface area contributed by atoms with Crippen molar-refractivity contribution in [2.45, 2.75) is 20.0 Å². The van der Waals surface area contributed by atoms with Gasteiger partial charge in [0.05, 0.1) is 0 Å². The summed E-state index contributed by atoms with van der Waals surface area (Å²) >= 11 is 0. The fourth-order valence-corrected chi connectivity index (χ4v) is 2.74. The van der Waals surface area contributed by atoms with E-state index in [1.807, 2.05) is 36.4 Å². The minimum Gasteiger partial charge on any atom is -0.492 e. The summed E-state index contributed by atoms with van der Waals surface area (Å²) in [5.41, 5.74) is 9.78. The van der Waals surface area contributed by atoms with Crippen molar-refractivity contribution in [3.05, 3.63) is 59.2 Å². The number of carbonyl (C=O) groups is 1. The Kier molecular flexibility index (Phi) is 4.11. The number of nitrogens with two attached hydrogens (primary N) is 1. The van der Waals surface area contributed by atoms with Gasteiger partial charge in [0.15, 0.2) is 5.78 Å². The zero-order valence-electron chi connectivity index (χ0n) is 12.7. The molecule has 2 aromatic carbocycles. The summed E-state index contributed by atoms with van der Waals surface area (Å²) in [6.07, 6.45) is 0. The zero-order chi connectivity index (χ0) is 15.5. The lowest BCUT2D eigenvalue weighted by Crippen LogP contribution is -2.22. The van der Waals surface area contributed by atoms with Crippen molar-refractivity contribution in [3.63, 3.8) is 0 Å². The number of Topliss-reactive ketones (excluding diaryl/α,β-unsaturated/α-hetero) is 1. The number of hydrogen-bond acceptors (Lipinski definition) is 4. The van der Waals surface area contributed by atoms with Crippen molar-refractivity contribution in [2.24, 2.45) is 0 Å². The Hall–Kier alpha value is -2.33. The number of ether oxygens (including phenoxy) is 1. The van der Waals surface area contributed by atoms with Crippen molar-refractivity contribution in [1.29, 1.82) is 0 Å². The van der Waals surface area contributed by atoms with Crippen molar-refractivity contribution < 1.29 is 9.53 Å². The Morgan fingerprint density at radius 2 is 2.00 bits per heavy atom. The average Bonchev–Trinajstić information content (AvgIpc) is 2.89. The summed E-state index contributed by atoms with van der Waals surface area (Å²) < 4.78 is 5.73. The molecule has 114 valence electrons. The van der Waals surface area contributed by atoms with Gasteiger partial charge >= 0.3 is 0 Å². The standard InChI is InChI=1S/C18H20N2O2/c1-13(21)14-5-6-15-11-20(12-16(15)9-14)7-8-22-18-4-2-3-17(19)10-18/h2-6,9-10H,7-8,11-12,19H2,1H3. The van der Waals surface area contributed by atoms with Crippen LogP contribution in [0.4, 0.5) is 5.69 Å². The number of fused-ring (bicyclic) bond motifs is 1. The van der Waals surface area contributed by atoms with Crippen LogP contribution in [-0.2, 0) is 13.1 Å². The van der Waals surface area contributed by atoms with E-state index in [-0.39, 0.29) is 5.78 Å². The van der Waals surface area contributed by atoms with Crippen LogP contribution in [0, 0.1) is 0 Å². The van der Waals surface area contributed by atoms with Crippen LogP contribution < -0.4 is 10.5 Å². The van der Waals surface area contributed by atoms with Gasteiger partial charge in [0.2, 0.25) is 0 Å². The minimum atomic E-state index is 0.117. The van der Waals surface area contributed by atoms with Gasteiger partial charge in [-0.15, -0.1) is 0 Å². The quantitative estimate of drug-likeness (QED) is 0.681. The second-order valence-corrected chi connectivity index (χ2v) is 5.67. The Balaban J connectivity index is 1.54. The predicted molar refractivity (Wildman–Crippen MR) is 86.9 cm³/mol. The van der Waals surface area contributed by atoms with E-state index in [4.69, 9.17) is 10.5 Å². The molecule has 4 heteroatoms. The monoisotopic (exact) mass is 296 g/mol. The lowest BCUT2D eigenvalue weighted by Gasteiger charge is -2.15. The van der Waals surface area contributed by atoms with Crippen LogP contribution in [0.2, 0.25) is 0 Å². The van der Waals surface area contributed by atoms with E-state index >= 15 is 0 Å². The van der Waals surface area contributed by atoms with E-state index in [0.717, 1.165) is 30.9 Å². The van der Waals surface area contributed by atoms with Crippen LogP contribution in [0.3, 0.4) is 0 Å². The van der Waals surface area contributed by atoms with E-state index in [1.54, 1.807) is 6.92 Å². The van der Waals surface area contributed by atoms with Crippen LogP contribution in [0.1, 0.15) is 28.4 Å². The molecular weight excluding hydrogens is 276 g/mol. The van der Waals surface area contributed by atoms with Crippen LogP contribution >= 0.6 is 0 Å². The molecule has 0 aliphatic carbocycles. The molecule has 3 rings (SSSR count). The maximum absolute atomic E-state index is 11.4. The first-order chi connectivity index (χ1) is 10.6. The van der Waals surface area contributed by atoms with Gasteiger partial charge in [-0.25, -0.2) is 0 Å². The molecule has 1 heterocycles. The van der Waals surface area contributed by atoms with E-state index in [1.165, 1.54) is 11.1 Å². The molecule has 1 aliphatic rings. The minimum absolute atomic E-state index is 0.117. The fourth-order valence-electron chi connectivity index (χ4n) is 2.74. The largest absolute Gasteiger partial charge is 0.492 e. The van der Waals surface area contributed by atoms with E-state index in [2.05, 4.69) is 11.0 Å². The number of nitrogen functional groups attached to an aromatic ring is 1. The second kappa shape index (κ2) is 6.20. The van der Waals surface area contributed by atoms with E-state index in [9.17, 15) is 4.79 Å². The van der Waals surface area contributed by atoms with Crippen LogP contribution in [-0.4, -0.2) is 23.8 Å². The Morgan fingerprint density at radius 3 is 2.77 bits per heavy atom. The number of benzene rings is 2. The Morgan fingerprint density at radius 1 is 1.18 bits per heavy atom. The molecule has 0 radical (unpaired) electrons. The zero-order valence-corrected chi connectivity index (χ0v) is 12.7. The average molecular weight is 296 g/mol. The molecular formula is C18H20N2O2. The van der Waals surface area contributed by atoms with Crippen LogP contribution in [0.5, 0.6) is 5.75 Å². The number of hydrogen-bond donors (Lipinski definition) is 1. The molecule has 0 atom stereocenters. The number of nitrogens with zero attached hydrogens (tertiary/aromatic N) is 1. The maximum atomic E-state index is 11.4. The molecule has 0 bridgehead atoms. The third kappa shape index (κ3) is 3.28. The summed E-state index contributed by atoms with van der Waals surface area (Å²) in [6.45, 7) is 4.86. The normalized spacial score (nSPS) is 13.9. The highest BCUT2D eigenvalue weighted by molar-refractivity contribution is 5.94. The third-order valence-electron chi connectivity index (χ3n) is 3.94. The predicted octanol–water partition coefficient (Wildman–Crippen LogP) is 2.87. The lowest BCUT2D eigenvalue weighted by molar-refractivity contribution is 0.101. The molecule has 0 saturated heterocycles. The van der Waals surface area contributed by atoms with Crippen LogP contribution in [0.25, 0.3) is 0 Å². The molecule has 22 heavy (non-hydrogen) atoms. The summed E-state index contributed by atoms with van der Waals surface area (Å²) in [4.78, 5) is 13.8. The SMILES string of the molecule is CC(=O)c1ccc2c(c1)CN(CCOc1cccc(N)c1)C2. The van der Waals surface area contributed by atoms with Gasteiger partial charge in [0.25, 0.3) is 0 Å². The molecule has 2 aromatic rings. The van der Waals surface area contributed by atoms with Gasteiger partial charge in [0.1, 0.15) is 12.4 Å². The third-order valence-corrected chi connectivity index (χ3v) is 3.94. The summed E-state index contributed by atoms with van der Waals surface area (Å²) in [6, 6.07) is 13.5. The van der Waals surface area contributed by atoms with Crippen molar-refractivity contribution in [1.82, 2.24) is 4.90 Å².